The second-order valence-electron chi connectivity index (χ2n) is 4.34. The zero-order valence-corrected chi connectivity index (χ0v) is 10.7. The van der Waals surface area contributed by atoms with Crippen LogP contribution in [0, 0.1) is 0 Å². The fourth-order valence-electron chi connectivity index (χ4n) is 2.01. The maximum atomic E-state index is 12.8. The summed E-state index contributed by atoms with van der Waals surface area (Å²) in [5, 5.41) is 3.13. The molecule has 0 saturated heterocycles. The van der Waals surface area contributed by atoms with Crippen molar-refractivity contribution in [3.63, 3.8) is 0 Å². The number of nitrogens with zero attached hydrogens (tertiary/aromatic N) is 1. The van der Waals surface area contributed by atoms with Crippen LogP contribution in [0.15, 0.2) is 18.5 Å². The van der Waals surface area contributed by atoms with Crippen molar-refractivity contribution in [2.75, 3.05) is 7.05 Å². The SMILES string of the molecule is CCCC(CCc1cnccc1C(F)(F)F)NC. The van der Waals surface area contributed by atoms with Gasteiger partial charge >= 0.3 is 6.18 Å². The summed E-state index contributed by atoms with van der Waals surface area (Å²) in [6, 6.07) is 1.31. The quantitative estimate of drug-likeness (QED) is 0.847. The molecule has 1 unspecified atom stereocenters. The van der Waals surface area contributed by atoms with Gasteiger partial charge in [-0.2, -0.15) is 13.2 Å². The van der Waals surface area contributed by atoms with Crippen molar-refractivity contribution in [1.29, 1.82) is 0 Å². The van der Waals surface area contributed by atoms with Gasteiger partial charge in [0.05, 0.1) is 5.56 Å². The van der Waals surface area contributed by atoms with Gasteiger partial charge in [0, 0.05) is 18.4 Å². The maximum Gasteiger partial charge on any atom is 0.416 e. The number of alkyl halides is 3. The molecule has 0 bridgehead atoms. The molecule has 0 radical (unpaired) electrons. The van der Waals surface area contributed by atoms with E-state index in [4.69, 9.17) is 0 Å². The van der Waals surface area contributed by atoms with Crippen molar-refractivity contribution in [3.8, 4) is 0 Å². The highest BCUT2D eigenvalue weighted by Crippen LogP contribution is 2.32. The lowest BCUT2D eigenvalue weighted by atomic mass is 10.00. The fourth-order valence-corrected chi connectivity index (χ4v) is 2.01. The minimum Gasteiger partial charge on any atom is -0.317 e. The number of aryl methyl sites for hydroxylation is 1. The lowest BCUT2D eigenvalue weighted by Crippen LogP contribution is -2.25. The standard InChI is InChI=1S/C13H19F3N2/c1-3-4-11(17-2)6-5-10-9-18-8-7-12(10)13(14,15)16/h7-9,11,17H,3-6H2,1-2H3. The number of aromatic nitrogens is 1. The third-order valence-electron chi connectivity index (χ3n) is 3.02. The van der Waals surface area contributed by atoms with Crippen molar-refractivity contribution >= 4 is 0 Å². The van der Waals surface area contributed by atoms with E-state index in [1.165, 1.54) is 12.4 Å². The number of halogens is 3. The topological polar surface area (TPSA) is 24.9 Å². The summed E-state index contributed by atoms with van der Waals surface area (Å²) in [5.41, 5.74) is -0.287. The van der Waals surface area contributed by atoms with Crippen LogP contribution in [0.25, 0.3) is 0 Å². The average Bonchev–Trinajstić information content (AvgIpc) is 2.33. The van der Waals surface area contributed by atoms with Gasteiger partial charge in [-0.15, -0.1) is 0 Å². The van der Waals surface area contributed by atoms with Crippen LogP contribution in [0.4, 0.5) is 13.2 Å². The number of hydrogen-bond donors (Lipinski definition) is 1. The van der Waals surface area contributed by atoms with E-state index in [9.17, 15) is 13.2 Å². The van der Waals surface area contributed by atoms with E-state index in [-0.39, 0.29) is 11.6 Å². The molecule has 5 heteroatoms. The van der Waals surface area contributed by atoms with Crippen molar-refractivity contribution < 1.29 is 13.2 Å². The Morgan fingerprint density at radius 2 is 2.06 bits per heavy atom. The zero-order chi connectivity index (χ0) is 13.6. The molecule has 0 fully saturated rings. The molecule has 1 aromatic heterocycles. The molecule has 1 atom stereocenters. The molecule has 0 aliphatic heterocycles. The van der Waals surface area contributed by atoms with Crippen LogP contribution in [-0.2, 0) is 12.6 Å². The lowest BCUT2D eigenvalue weighted by Gasteiger charge is -2.17. The van der Waals surface area contributed by atoms with Crippen LogP contribution in [0.1, 0.15) is 37.3 Å². The second kappa shape index (κ2) is 6.73. The van der Waals surface area contributed by atoms with Gasteiger partial charge < -0.3 is 5.32 Å². The predicted octanol–water partition coefficient (Wildman–Crippen LogP) is 3.42. The van der Waals surface area contributed by atoms with Crippen molar-refractivity contribution in [1.82, 2.24) is 10.3 Å². The van der Waals surface area contributed by atoms with Gasteiger partial charge in [-0.1, -0.05) is 13.3 Å². The summed E-state index contributed by atoms with van der Waals surface area (Å²) >= 11 is 0. The highest BCUT2D eigenvalue weighted by molar-refractivity contribution is 5.26. The maximum absolute atomic E-state index is 12.8. The van der Waals surface area contributed by atoms with E-state index < -0.39 is 11.7 Å². The van der Waals surface area contributed by atoms with Gasteiger partial charge in [0.2, 0.25) is 0 Å². The minimum atomic E-state index is -4.29. The molecule has 0 amide bonds. The summed E-state index contributed by atoms with van der Waals surface area (Å²) in [5.74, 6) is 0. The number of rotatable bonds is 6. The molecule has 2 nitrogen and oxygen atoms in total. The molecule has 0 saturated carbocycles. The van der Waals surface area contributed by atoms with Gasteiger partial charge in [-0.25, -0.2) is 0 Å². The summed E-state index contributed by atoms with van der Waals surface area (Å²) in [4.78, 5) is 3.79. The monoisotopic (exact) mass is 260 g/mol. The largest absolute Gasteiger partial charge is 0.416 e. The molecule has 1 N–H and O–H groups in total. The molecule has 102 valence electrons. The first-order valence-corrected chi connectivity index (χ1v) is 6.16. The van der Waals surface area contributed by atoms with E-state index in [1.807, 2.05) is 7.05 Å². The Morgan fingerprint density at radius 3 is 2.61 bits per heavy atom. The summed E-state index contributed by atoms with van der Waals surface area (Å²) < 4.78 is 38.3. The molecule has 1 heterocycles. The molecule has 0 aliphatic carbocycles. The molecule has 1 aromatic rings. The number of pyridine rings is 1. The zero-order valence-electron chi connectivity index (χ0n) is 10.7. The van der Waals surface area contributed by atoms with Gasteiger partial charge in [0.15, 0.2) is 0 Å². The Balaban J connectivity index is 2.73. The van der Waals surface area contributed by atoms with Crippen molar-refractivity contribution in [2.24, 2.45) is 0 Å². The summed E-state index contributed by atoms with van der Waals surface area (Å²) in [6.07, 6.45) is 1.30. The Hall–Kier alpha value is -1.10. The second-order valence-corrected chi connectivity index (χ2v) is 4.34. The lowest BCUT2D eigenvalue weighted by molar-refractivity contribution is -0.138. The van der Waals surface area contributed by atoms with Gasteiger partial charge in [0.1, 0.15) is 0 Å². The Kier molecular flexibility index (Phi) is 5.59. The van der Waals surface area contributed by atoms with Gasteiger partial charge in [-0.05, 0) is 37.9 Å². The summed E-state index contributed by atoms with van der Waals surface area (Å²) in [7, 11) is 1.84. The molecule has 18 heavy (non-hydrogen) atoms. The smallest absolute Gasteiger partial charge is 0.317 e. The first kappa shape index (κ1) is 15.0. The van der Waals surface area contributed by atoms with E-state index >= 15 is 0 Å². The van der Waals surface area contributed by atoms with Crippen molar-refractivity contribution in [2.45, 2.75) is 44.8 Å². The number of nitrogens with one attached hydrogen (secondary N) is 1. The molecular weight excluding hydrogens is 241 g/mol. The van der Waals surface area contributed by atoms with Gasteiger partial charge in [0.25, 0.3) is 0 Å². The molecular formula is C13H19F3N2. The van der Waals surface area contributed by atoms with Crippen molar-refractivity contribution in [3.05, 3.63) is 29.6 Å². The molecule has 0 aliphatic rings. The van der Waals surface area contributed by atoms with E-state index in [0.29, 0.717) is 12.8 Å². The number of hydrogen-bond acceptors (Lipinski definition) is 2. The predicted molar refractivity (Wildman–Crippen MR) is 65.3 cm³/mol. The Labute approximate surface area is 106 Å². The fraction of sp³-hybridized carbons (Fsp3) is 0.615. The Bertz CT molecular complexity index is 363. The highest BCUT2D eigenvalue weighted by Gasteiger charge is 2.33. The summed E-state index contributed by atoms with van der Waals surface area (Å²) in [6.45, 7) is 2.07. The first-order chi connectivity index (χ1) is 8.49. The Morgan fingerprint density at radius 1 is 1.33 bits per heavy atom. The van der Waals surface area contributed by atoms with E-state index in [0.717, 1.165) is 18.9 Å². The normalized spacial score (nSPS) is 13.6. The van der Waals surface area contributed by atoms with E-state index in [1.54, 1.807) is 0 Å². The molecule has 0 spiro atoms. The van der Waals surface area contributed by atoms with E-state index in [2.05, 4.69) is 17.2 Å². The first-order valence-electron chi connectivity index (χ1n) is 6.16. The third-order valence-corrected chi connectivity index (χ3v) is 3.02. The van der Waals surface area contributed by atoms with Crippen LogP contribution in [0.3, 0.4) is 0 Å². The third kappa shape index (κ3) is 4.29. The highest BCUT2D eigenvalue weighted by atomic mass is 19.4. The van der Waals surface area contributed by atoms with Crippen LogP contribution in [0.2, 0.25) is 0 Å². The molecule has 0 aromatic carbocycles. The molecule has 1 rings (SSSR count). The van der Waals surface area contributed by atoms with Crippen LogP contribution < -0.4 is 5.32 Å². The van der Waals surface area contributed by atoms with Gasteiger partial charge in [-0.3, -0.25) is 4.98 Å². The van der Waals surface area contributed by atoms with Crippen LogP contribution in [0.5, 0.6) is 0 Å². The minimum absolute atomic E-state index is 0.260. The van der Waals surface area contributed by atoms with Crippen LogP contribution >= 0.6 is 0 Å². The van der Waals surface area contributed by atoms with Crippen LogP contribution in [-0.4, -0.2) is 18.1 Å². The average molecular weight is 260 g/mol.